The molecule has 1 fully saturated rings. The largest absolute Gasteiger partial charge is 0.469 e. The third kappa shape index (κ3) is 4.08. The van der Waals surface area contributed by atoms with Crippen molar-refractivity contribution in [1.29, 1.82) is 5.26 Å². The topological polar surface area (TPSA) is 69.3 Å². The number of carbonyl (C=O) groups is 1. The van der Waals surface area contributed by atoms with Crippen LogP contribution in [0.3, 0.4) is 0 Å². The Morgan fingerprint density at radius 2 is 2.00 bits per heavy atom. The summed E-state index contributed by atoms with van der Waals surface area (Å²) in [7, 11) is 0. The van der Waals surface area contributed by atoms with Gasteiger partial charge in [-0.1, -0.05) is 0 Å². The van der Waals surface area contributed by atoms with Gasteiger partial charge in [-0.2, -0.15) is 18.4 Å². The van der Waals surface area contributed by atoms with E-state index >= 15 is 0 Å². The van der Waals surface area contributed by atoms with Crippen molar-refractivity contribution in [3.05, 3.63) is 53.0 Å². The van der Waals surface area contributed by atoms with Crippen LogP contribution in [0.4, 0.5) is 18.9 Å². The second kappa shape index (κ2) is 7.35. The molecule has 1 aliphatic rings. The van der Waals surface area contributed by atoms with E-state index in [4.69, 9.17) is 4.42 Å². The Hall–Kier alpha value is -2.95. The average Bonchev–Trinajstić information content (AvgIpc) is 3.07. The monoisotopic (exact) mass is 377 g/mol. The van der Waals surface area contributed by atoms with Gasteiger partial charge in [-0.25, -0.2) is 0 Å². The number of nitrogens with one attached hydrogen (secondary N) is 1. The Morgan fingerprint density at radius 1 is 1.30 bits per heavy atom. The average molecular weight is 377 g/mol. The first kappa shape index (κ1) is 18.8. The molecule has 27 heavy (non-hydrogen) atoms. The number of nitriles is 1. The summed E-state index contributed by atoms with van der Waals surface area (Å²) in [5.41, 5.74) is 0.148. The van der Waals surface area contributed by atoms with Crippen LogP contribution in [0, 0.1) is 18.3 Å². The molecule has 1 N–H and O–H groups in total. The third-order valence-corrected chi connectivity index (χ3v) is 4.72. The van der Waals surface area contributed by atoms with E-state index < -0.39 is 11.7 Å². The van der Waals surface area contributed by atoms with E-state index in [2.05, 4.69) is 5.32 Å². The fourth-order valence-corrected chi connectivity index (χ4v) is 3.23. The Morgan fingerprint density at radius 3 is 2.56 bits per heavy atom. The van der Waals surface area contributed by atoms with E-state index in [1.54, 1.807) is 13.0 Å². The molecule has 5 nitrogen and oxygen atoms in total. The molecule has 0 unspecified atom stereocenters. The minimum atomic E-state index is -4.48. The highest BCUT2D eigenvalue weighted by atomic mass is 19.4. The Labute approximate surface area is 154 Å². The lowest BCUT2D eigenvalue weighted by Gasteiger charge is -2.34. The van der Waals surface area contributed by atoms with Crippen LogP contribution in [0.2, 0.25) is 0 Å². The van der Waals surface area contributed by atoms with Crippen molar-refractivity contribution in [3.8, 4) is 6.07 Å². The summed E-state index contributed by atoms with van der Waals surface area (Å²) < 4.78 is 43.6. The molecule has 0 saturated carbocycles. The van der Waals surface area contributed by atoms with E-state index in [9.17, 15) is 23.2 Å². The molecule has 0 radical (unpaired) electrons. The fraction of sp³-hybridized carbons (Fsp3) is 0.368. The lowest BCUT2D eigenvalue weighted by atomic mass is 10.0. The maximum absolute atomic E-state index is 12.8. The Kier molecular flexibility index (Phi) is 5.13. The van der Waals surface area contributed by atoms with Crippen LogP contribution in [-0.2, 0) is 6.18 Å². The number of piperidine rings is 1. The first-order valence-corrected chi connectivity index (χ1v) is 8.51. The molecule has 0 spiro atoms. The predicted octanol–water partition coefficient (Wildman–Crippen LogP) is 3.88. The lowest BCUT2D eigenvalue weighted by molar-refractivity contribution is -0.137. The van der Waals surface area contributed by atoms with E-state index in [-0.39, 0.29) is 17.5 Å². The number of hydrogen-bond acceptors (Lipinski definition) is 4. The first-order valence-electron chi connectivity index (χ1n) is 8.51. The highest BCUT2D eigenvalue weighted by Gasteiger charge is 2.32. The minimum absolute atomic E-state index is 0.00123. The van der Waals surface area contributed by atoms with Gasteiger partial charge in [0.1, 0.15) is 11.8 Å². The first-order chi connectivity index (χ1) is 12.8. The zero-order valence-corrected chi connectivity index (χ0v) is 14.6. The minimum Gasteiger partial charge on any atom is -0.469 e. The molecule has 1 amide bonds. The normalized spacial score (nSPS) is 15.4. The summed E-state index contributed by atoms with van der Waals surface area (Å²) in [6, 6.07) is 6.64. The molecule has 0 bridgehead atoms. The quantitative estimate of drug-likeness (QED) is 0.881. The molecule has 1 aromatic heterocycles. The summed E-state index contributed by atoms with van der Waals surface area (Å²) in [4.78, 5) is 14.1. The van der Waals surface area contributed by atoms with Gasteiger partial charge in [0, 0.05) is 19.1 Å². The van der Waals surface area contributed by atoms with Gasteiger partial charge in [0.25, 0.3) is 5.91 Å². The molecule has 8 heteroatoms. The Bertz CT molecular complexity index is 875. The maximum Gasteiger partial charge on any atom is 0.416 e. The zero-order valence-electron chi connectivity index (χ0n) is 14.6. The number of benzene rings is 1. The fourth-order valence-electron chi connectivity index (χ4n) is 3.23. The molecule has 142 valence electrons. The van der Waals surface area contributed by atoms with Gasteiger partial charge in [-0.3, -0.25) is 4.79 Å². The molecule has 3 rings (SSSR count). The molecule has 2 heterocycles. The number of anilines is 1. The molecule has 2 aromatic rings. The summed E-state index contributed by atoms with van der Waals surface area (Å²) in [5, 5.41) is 12.2. The van der Waals surface area contributed by atoms with Gasteiger partial charge in [0.15, 0.2) is 0 Å². The van der Waals surface area contributed by atoms with Crippen LogP contribution in [0.5, 0.6) is 0 Å². The van der Waals surface area contributed by atoms with Gasteiger partial charge in [0.05, 0.1) is 28.6 Å². The van der Waals surface area contributed by atoms with Crippen LogP contribution in [-0.4, -0.2) is 25.0 Å². The van der Waals surface area contributed by atoms with Crippen molar-refractivity contribution in [2.75, 3.05) is 18.0 Å². The predicted molar refractivity (Wildman–Crippen MR) is 92.3 cm³/mol. The number of amides is 1. The number of alkyl halides is 3. The van der Waals surface area contributed by atoms with E-state index in [0.717, 1.165) is 12.1 Å². The molecular formula is C19H18F3N3O2. The van der Waals surface area contributed by atoms with Crippen molar-refractivity contribution in [2.45, 2.75) is 32.0 Å². The van der Waals surface area contributed by atoms with Gasteiger partial charge >= 0.3 is 6.18 Å². The van der Waals surface area contributed by atoms with E-state index in [1.165, 1.54) is 12.3 Å². The summed E-state index contributed by atoms with van der Waals surface area (Å²) in [6.07, 6.45) is -1.75. The number of aryl methyl sites for hydroxylation is 1. The molecule has 1 aliphatic heterocycles. The van der Waals surface area contributed by atoms with Crippen LogP contribution in [0.15, 0.2) is 34.9 Å². The number of rotatable bonds is 3. The van der Waals surface area contributed by atoms with Crippen molar-refractivity contribution in [2.24, 2.45) is 0 Å². The molecular weight excluding hydrogens is 359 g/mol. The third-order valence-electron chi connectivity index (χ3n) is 4.72. The SMILES string of the molecule is Cc1occc1C(=O)NC1CCN(c2ccc(C(F)(F)F)cc2C#N)CC1. The smallest absolute Gasteiger partial charge is 0.416 e. The molecule has 0 atom stereocenters. The van der Waals surface area contributed by atoms with Gasteiger partial charge in [-0.15, -0.1) is 0 Å². The van der Waals surface area contributed by atoms with Crippen molar-refractivity contribution in [1.82, 2.24) is 5.32 Å². The van der Waals surface area contributed by atoms with Crippen LogP contribution in [0.1, 0.15) is 40.1 Å². The molecule has 0 aliphatic carbocycles. The highest BCUT2D eigenvalue weighted by Crippen LogP contribution is 2.33. The van der Waals surface area contributed by atoms with E-state index in [0.29, 0.717) is 42.9 Å². The van der Waals surface area contributed by atoms with E-state index in [1.807, 2.05) is 11.0 Å². The molecule has 1 aromatic carbocycles. The maximum atomic E-state index is 12.8. The molecule has 1 saturated heterocycles. The summed E-state index contributed by atoms with van der Waals surface area (Å²) in [6.45, 7) is 2.79. The van der Waals surface area contributed by atoms with Gasteiger partial charge in [-0.05, 0) is 44.0 Å². The summed E-state index contributed by atoms with van der Waals surface area (Å²) in [5.74, 6) is 0.347. The van der Waals surface area contributed by atoms with Gasteiger partial charge in [0.2, 0.25) is 0 Å². The van der Waals surface area contributed by atoms with Crippen LogP contribution >= 0.6 is 0 Å². The number of hydrogen-bond donors (Lipinski definition) is 1. The van der Waals surface area contributed by atoms with Crippen LogP contribution < -0.4 is 10.2 Å². The van der Waals surface area contributed by atoms with Crippen molar-refractivity contribution >= 4 is 11.6 Å². The second-order valence-corrected chi connectivity index (χ2v) is 6.47. The summed E-state index contributed by atoms with van der Waals surface area (Å²) >= 11 is 0. The Balaban J connectivity index is 1.65. The number of nitrogens with zero attached hydrogens (tertiary/aromatic N) is 2. The number of furan rings is 1. The van der Waals surface area contributed by atoms with Crippen LogP contribution in [0.25, 0.3) is 0 Å². The number of carbonyl (C=O) groups excluding carboxylic acids is 1. The second-order valence-electron chi connectivity index (χ2n) is 6.47. The lowest BCUT2D eigenvalue weighted by Crippen LogP contribution is -2.45. The van der Waals surface area contributed by atoms with Gasteiger partial charge < -0.3 is 14.6 Å². The van der Waals surface area contributed by atoms with Crippen molar-refractivity contribution < 1.29 is 22.4 Å². The standard InChI is InChI=1S/C19H18F3N3O2/c1-12-16(6-9-27-12)18(26)24-15-4-7-25(8-5-15)17-3-2-14(19(20,21)22)10-13(17)11-23/h2-3,6,9-10,15H,4-5,7-8H2,1H3,(H,24,26). The zero-order chi connectivity index (χ0) is 19.6. The number of halogens is 3. The van der Waals surface area contributed by atoms with Crippen molar-refractivity contribution in [3.63, 3.8) is 0 Å². The highest BCUT2D eigenvalue weighted by molar-refractivity contribution is 5.95.